The van der Waals surface area contributed by atoms with E-state index in [4.69, 9.17) is 0 Å². The van der Waals surface area contributed by atoms with E-state index in [1.807, 2.05) is 50.2 Å². The summed E-state index contributed by atoms with van der Waals surface area (Å²) in [6, 6.07) is 16.1. The summed E-state index contributed by atoms with van der Waals surface area (Å²) in [5.74, 6) is 0. The van der Waals surface area contributed by atoms with Crippen LogP contribution in [0.2, 0.25) is 0 Å². The third-order valence-corrected chi connectivity index (χ3v) is 4.47. The van der Waals surface area contributed by atoms with Gasteiger partial charge in [-0.15, -0.1) is 0 Å². The molecule has 0 amide bonds. The molecule has 0 spiro atoms. The third-order valence-electron chi connectivity index (χ3n) is 2.93. The molecule has 0 saturated heterocycles. The Bertz CT molecular complexity index is 651. The van der Waals surface area contributed by atoms with Crippen molar-refractivity contribution in [2.75, 3.05) is 0 Å². The van der Waals surface area contributed by atoms with E-state index in [0.29, 0.717) is 4.90 Å². The Hall–Kier alpha value is -1.65. The molecule has 2 aromatic rings. The van der Waals surface area contributed by atoms with Crippen molar-refractivity contribution in [3.63, 3.8) is 0 Å². The minimum atomic E-state index is -3.48. The summed E-state index contributed by atoms with van der Waals surface area (Å²) in [4.78, 5) is 0.301. The predicted molar refractivity (Wildman–Crippen MR) is 76.4 cm³/mol. The van der Waals surface area contributed by atoms with Gasteiger partial charge in [0, 0.05) is 6.04 Å². The van der Waals surface area contributed by atoms with Gasteiger partial charge in [-0.25, -0.2) is 13.1 Å². The van der Waals surface area contributed by atoms with Crippen LogP contribution in [0.15, 0.2) is 59.5 Å². The molecule has 100 valence electrons. The van der Waals surface area contributed by atoms with Gasteiger partial charge in [-0.3, -0.25) is 0 Å². The first-order valence-electron chi connectivity index (χ1n) is 6.13. The average molecular weight is 275 g/mol. The SMILES string of the molecule is Cc1cccc(S(=O)(=O)NC(C)c2ccccc2)c1. The molecule has 2 rings (SSSR count). The minimum absolute atomic E-state index is 0.258. The van der Waals surface area contributed by atoms with Gasteiger partial charge >= 0.3 is 0 Å². The molecule has 1 atom stereocenters. The van der Waals surface area contributed by atoms with Crippen LogP contribution in [0.25, 0.3) is 0 Å². The van der Waals surface area contributed by atoms with Gasteiger partial charge < -0.3 is 0 Å². The molecule has 0 fully saturated rings. The summed E-state index contributed by atoms with van der Waals surface area (Å²) < 4.78 is 27.2. The standard InChI is InChI=1S/C15H17NO2S/c1-12-7-6-10-15(11-12)19(17,18)16-13(2)14-8-4-3-5-9-14/h3-11,13,16H,1-2H3. The monoisotopic (exact) mass is 275 g/mol. The van der Waals surface area contributed by atoms with E-state index in [-0.39, 0.29) is 6.04 Å². The van der Waals surface area contributed by atoms with Crippen LogP contribution in [0.5, 0.6) is 0 Å². The average Bonchev–Trinajstić information content (AvgIpc) is 2.39. The molecule has 0 aromatic heterocycles. The topological polar surface area (TPSA) is 46.2 Å². The lowest BCUT2D eigenvalue weighted by Gasteiger charge is -2.14. The fourth-order valence-corrected chi connectivity index (χ4v) is 3.23. The molecule has 4 heteroatoms. The molecule has 1 N–H and O–H groups in total. The fraction of sp³-hybridized carbons (Fsp3) is 0.200. The van der Waals surface area contributed by atoms with Gasteiger partial charge in [0.15, 0.2) is 0 Å². The maximum Gasteiger partial charge on any atom is 0.241 e. The van der Waals surface area contributed by atoms with Gasteiger partial charge in [0.1, 0.15) is 0 Å². The molecular formula is C15H17NO2S. The third kappa shape index (κ3) is 3.43. The Morgan fingerprint density at radius 3 is 2.32 bits per heavy atom. The zero-order valence-electron chi connectivity index (χ0n) is 11.0. The molecule has 19 heavy (non-hydrogen) atoms. The first kappa shape index (κ1) is 13.8. The Morgan fingerprint density at radius 1 is 1.00 bits per heavy atom. The van der Waals surface area contributed by atoms with Crippen LogP contribution < -0.4 is 4.72 Å². The lowest BCUT2D eigenvalue weighted by molar-refractivity contribution is 0.567. The zero-order valence-corrected chi connectivity index (χ0v) is 11.8. The number of nitrogens with one attached hydrogen (secondary N) is 1. The Kier molecular flexibility index (Phi) is 4.02. The van der Waals surface area contributed by atoms with Gasteiger partial charge in [-0.2, -0.15) is 0 Å². The summed E-state index contributed by atoms with van der Waals surface area (Å²) in [6.07, 6.45) is 0. The van der Waals surface area contributed by atoms with Gasteiger partial charge in [0.05, 0.1) is 4.90 Å². The van der Waals surface area contributed by atoms with Crippen molar-refractivity contribution >= 4 is 10.0 Å². The first-order chi connectivity index (χ1) is 8.99. The van der Waals surface area contributed by atoms with Crippen molar-refractivity contribution in [3.05, 3.63) is 65.7 Å². The second-order valence-corrected chi connectivity index (χ2v) is 6.28. The van der Waals surface area contributed by atoms with E-state index in [2.05, 4.69) is 4.72 Å². The largest absolute Gasteiger partial charge is 0.241 e. The van der Waals surface area contributed by atoms with E-state index >= 15 is 0 Å². The molecule has 0 aliphatic carbocycles. The van der Waals surface area contributed by atoms with Crippen LogP contribution in [-0.2, 0) is 10.0 Å². The van der Waals surface area contributed by atoms with Crippen molar-refractivity contribution < 1.29 is 8.42 Å². The summed E-state index contributed by atoms with van der Waals surface area (Å²) in [5.41, 5.74) is 1.87. The lowest BCUT2D eigenvalue weighted by atomic mass is 10.1. The van der Waals surface area contributed by atoms with E-state index in [0.717, 1.165) is 11.1 Å². The summed E-state index contributed by atoms with van der Waals surface area (Å²) in [7, 11) is -3.48. The molecular weight excluding hydrogens is 258 g/mol. The minimum Gasteiger partial charge on any atom is -0.207 e. The molecule has 0 saturated carbocycles. The molecule has 1 unspecified atom stereocenters. The van der Waals surface area contributed by atoms with Crippen molar-refractivity contribution in [2.24, 2.45) is 0 Å². The number of rotatable bonds is 4. The van der Waals surface area contributed by atoms with Crippen LogP contribution >= 0.6 is 0 Å². The second-order valence-electron chi connectivity index (χ2n) is 4.57. The molecule has 0 aliphatic heterocycles. The summed E-state index contributed by atoms with van der Waals surface area (Å²) >= 11 is 0. The fourth-order valence-electron chi connectivity index (χ4n) is 1.89. The van der Waals surface area contributed by atoms with Gasteiger partial charge in [0.2, 0.25) is 10.0 Å². The molecule has 0 bridgehead atoms. The Morgan fingerprint density at radius 2 is 1.68 bits per heavy atom. The highest BCUT2D eigenvalue weighted by atomic mass is 32.2. The number of hydrogen-bond acceptors (Lipinski definition) is 2. The van der Waals surface area contributed by atoms with Gasteiger partial charge in [-0.05, 0) is 37.1 Å². The van der Waals surface area contributed by atoms with Crippen molar-refractivity contribution in [1.82, 2.24) is 4.72 Å². The Balaban J connectivity index is 2.23. The maximum atomic E-state index is 12.3. The van der Waals surface area contributed by atoms with Crippen LogP contribution in [0.1, 0.15) is 24.1 Å². The first-order valence-corrected chi connectivity index (χ1v) is 7.61. The van der Waals surface area contributed by atoms with E-state index < -0.39 is 10.0 Å². The zero-order chi connectivity index (χ0) is 13.9. The van der Waals surface area contributed by atoms with Crippen LogP contribution in [-0.4, -0.2) is 8.42 Å². The highest BCUT2D eigenvalue weighted by molar-refractivity contribution is 7.89. The summed E-state index contributed by atoms with van der Waals surface area (Å²) in [6.45, 7) is 3.71. The number of benzene rings is 2. The van der Waals surface area contributed by atoms with Crippen LogP contribution in [0.3, 0.4) is 0 Å². The number of hydrogen-bond donors (Lipinski definition) is 1. The van der Waals surface area contributed by atoms with Crippen molar-refractivity contribution in [3.8, 4) is 0 Å². The maximum absolute atomic E-state index is 12.3. The van der Waals surface area contributed by atoms with E-state index in [9.17, 15) is 8.42 Å². The predicted octanol–water partition coefficient (Wildman–Crippen LogP) is 3.03. The molecule has 2 aromatic carbocycles. The molecule has 0 radical (unpaired) electrons. The quantitative estimate of drug-likeness (QED) is 0.932. The van der Waals surface area contributed by atoms with Crippen molar-refractivity contribution in [1.29, 1.82) is 0 Å². The van der Waals surface area contributed by atoms with Gasteiger partial charge in [-0.1, -0.05) is 42.5 Å². The smallest absolute Gasteiger partial charge is 0.207 e. The Labute approximate surface area is 114 Å². The van der Waals surface area contributed by atoms with Crippen LogP contribution in [0, 0.1) is 6.92 Å². The van der Waals surface area contributed by atoms with Crippen LogP contribution in [0.4, 0.5) is 0 Å². The summed E-state index contributed by atoms with van der Waals surface area (Å²) in [5, 5.41) is 0. The molecule has 0 heterocycles. The molecule has 3 nitrogen and oxygen atoms in total. The number of sulfonamides is 1. The van der Waals surface area contributed by atoms with E-state index in [1.165, 1.54) is 0 Å². The highest BCUT2D eigenvalue weighted by Crippen LogP contribution is 2.17. The number of aryl methyl sites for hydroxylation is 1. The normalized spacial score (nSPS) is 13.2. The van der Waals surface area contributed by atoms with Gasteiger partial charge in [0.25, 0.3) is 0 Å². The lowest BCUT2D eigenvalue weighted by Crippen LogP contribution is -2.26. The second kappa shape index (κ2) is 5.55. The van der Waals surface area contributed by atoms with Crippen molar-refractivity contribution in [2.45, 2.75) is 24.8 Å². The molecule has 0 aliphatic rings. The highest BCUT2D eigenvalue weighted by Gasteiger charge is 2.18. The van der Waals surface area contributed by atoms with E-state index in [1.54, 1.807) is 18.2 Å².